The molecule has 4 rings (SSSR count). The molecule has 28 heavy (non-hydrogen) atoms. The van der Waals surface area contributed by atoms with Crippen LogP contribution in [0.25, 0.3) is 0 Å². The van der Waals surface area contributed by atoms with Gasteiger partial charge >= 0.3 is 6.03 Å². The molecule has 0 bridgehead atoms. The van der Waals surface area contributed by atoms with Gasteiger partial charge in [0.2, 0.25) is 5.88 Å². The molecule has 1 aliphatic carbocycles. The van der Waals surface area contributed by atoms with Crippen molar-refractivity contribution in [3.8, 4) is 17.4 Å². The Morgan fingerprint density at radius 1 is 1.25 bits per heavy atom. The minimum atomic E-state index is -0.937. The summed E-state index contributed by atoms with van der Waals surface area (Å²) in [6, 6.07) is 7.93. The van der Waals surface area contributed by atoms with Crippen LogP contribution >= 0.6 is 0 Å². The number of hydrogen-bond donors (Lipinski definition) is 2. The number of imide groups is 1. The summed E-state index contributed by atoms with van der Waals surface area (Å²) in [7, 11) is 0. The molecule has 3 amide bonds. The lowest BCUT2D eigenvalue weighted by molar-refractivity contribution is -0.121. The molecule has 0 unspecified atom stereocenters. The molecule has 0 atom stereocenters. The molecule has 2 aliphatic rings. The number of nitrogens with two attached hydrogens (primary N) is 1. The lowest BCUT2D eigenvalue weighted by Crippen LogP contribution is -2.40. The smallest absolute Gasteiger partial charge is 0.329 e. The predicted molar refractivity (Wildman–Crippen MR) is 103 cm³/mol. The average Bonchev–Trinajstić information content (AvgIpc) is 3.44. The van der Waals surface area contributed by atoms with Gasteiger partial charge in [-0.15, -0.1) is 0 Å². The number of carbonyl (C=O) groups excluding carboxylic acids is 2. The van der Waals surface area contributed by atoms with E-state index in [4.69, 9.17) is 15.2 Å². The third-order valence-corrected chi connectivity index (χ3v) is 4.72. The number of anilines is 2. The number of pyridine rings is 1. The Hall–Kier alpha value is -3.29. The molecule has 2 fully saturated rings. The summed E-state index contributed by atoms with van der Waals surface area (Å²) in [6.45, 7) is 3.97. The Labute approximate surface area is 162 Å². The van der Waals surface area contributed by atoms with Crippen LogP contribution in [0.3, 0.4) is 0 Å². The van der Waals surface area contributed by atoms with Gasteiger partial charge in [-0.3, -0.25) is 4.79 Å². The molecule has 2 aromatic rings. The van der Waals surface area contributed by atoms with Gasteiger partial charge < -0.3 is 20.5 Å². The number of amides is 3. The van der Waals surface area contributed by atoms with Crippen molar-refractivity contribution in [1.29, 1.82) is 0 Å². The molecule has 1 saturated heterocycles. The molecule has 1 saturated carbocycles. The summed E-state index contributed by atoms with van der Waals surface area (Å²) < 4.78 is 11.5. The minimum Gasteiger partial charge on any atom is -0.491 e. The normalized spacial score (nSPS) is 18.1. The summed E-state index contributed by atoms with van der Waals surface area (Å²) >= 11 is 0. The van der Waals surface area contributed by atoms with E-state index in [1.807, 2.05) is 0 Å². The zero-order chi connectivity index (χ0) is 19.9. The van der Waals surface area contributed by atoms with E-state index >= 15 is 0 Å². The maximum Gasteiger partial charge on any atom is 0.329 e. The van der Waals surface area contributed by atoms with Gasteiger partial charge in [0.05, 0.1) is 24.2 Å². The van der Waals surface area contributed by atoms with Gasteiger partial charge in [-0.05, 0) is 50.8 Å². The first-order valence-electron chi connectivity index (χ1n) is 9.16. The fraction of sp³-hybridized carbons (Fsp3) is 0.350. The highest BCUT2D eigenvalue weighted by atomic mass is 16.5. The van der Waals surface area contributed by atoms with Crippen molar-refractivity contribution in [1.82, 2.24) is 10.3 Å². The fourth-order valence-electron chi connectivity index (χ4n) is 2.86. The van der Waals surface area contributed by atoms with E-state index in [1.54, 1.807) is 44.2 Å². The molecular formula is C20H22N4O4. The Bertz CT molecular complexity index is 922. The van der Waals surface area contributed by atoms with Crippen LogP contribution in [0, 0.1) is 5.92 Å². The number of ether oxygens (including phenoxy) is 2. The second-order valence-electron chi connectivity index (χ2n) is 7.61. The first-order valence-corrected chi connectivity index (χ1v) is 9.16. The number of nitrogens with one attached hydrogen (secondary N) is 1. The van der Waals surface area contributed by atoms with E-state index in [1.165, 1.54) is 19.0 Å². The average molecular weight is 382 g/mol. The van der Waals surface area contributed by atoms with Crippen LogP contribution in [0.1, 0.15) is 26.7 Å². The van der Waals surface area contributed by atoms with Crippen LogP contribution < -0.4 is 25.4 Å². The van der Waals surface area contributed by atoms with Crippen molar-refractivity contribution >= 4 is 23.3 Å². The lowest BCUT2D eigenvalue weighted by Gasteiger charge is -2.16. The Morgan fingerprint density at radius 2 is 2.04 bits per heavy atom. The number of carbonyl (C=O) groups is 2. The van der Waals surface area contributed by atoms with Crippen LogP contribution in [0.15, 0.2) is 36.5 Å². The standard InChI is InChI=1S/C20H22N4O4/c1-20(2)18(25)24(19(26)23-20)13-5-8-17(22-10-13)28-14-6-7-15(21)16(9-14)27-11-12-3-4-12/h5-10,12H,3-4,11,21H2,1-2H3,(H,23,26). The number of urea groups is 1. The van der Waals surface area contributed by atoms with Crippen molar-refractivity contribution in [3.05, 3.63) is 36.5 Å². The largest absolute Gasteiger partial charge is 0.491 e. The van der Waals surface area contributed by atoms with Gasteiger partial charge in [0.25, 0.3) is 5.91 Å². The summed E-state index contributed by atoms with van der Waals surface area (Å²) in [6.07, 6.45) is 3.82. The summed E-state index contributed by atoms with van der Waals surface area (Å²) in [5.74, 6) is 1.74. The molecule has 8 heteroatoms. The van der Waals surface area contributed by atoms with Crippen molar-refractivity contribution in [3.63, 3.8) is 0 Å². The van der Waals surface area contributed by atoms with Gasteiger partial charge in [0.15, 0.2) is 0 Å². The predicted octanol–water partition coefficient (Wildman–Crippen LogP) is 3.08. The number of aromatic nitrogens is 1. The van der Waals surface area contributed by atoms with Crippen LogP contribution in [-0.4, -0.2) is 29.1 Å². The number of nitrogen functional groups attached to an aromatic ring is 1. The van der Waals surface area contributed by atoms with Crippen LogP contribution in [0.2, 0.25) is 0 Å². The molecule has 0 spiro atoms. The maximum absolute atomic E-state index is 12.4. The number of benzene rings is 1. The molecule has 8 nitrogen and oxygen atoms in total. The van der Waals surface area contributed by atoms with Crippen LogP contribution in [0.5, 0.6) is 17.4 Å². The highest BCUT2D eigenvalue weighted by Crippen LogP contribution is 2.34. The fourth-order valence-corrected chi connectivity index (χ4v) is 2.86. The van der Waals surface area contributed by atoms with Gasteiger partial charge in [-0.1, -0.05) is 0 Å². The van der Waals surface area contributed by atoms with Crippen molar-refractivity contribution in [2.45, 2.75) is 32.2 Å². The molecule has 0 radical (unpaired) electrons. The van der Waals surface area contributed by atoms with Gasteiger partial charge in [-0.25, -0.2) is 14.7 Å². The third-order valence-electron chi connectivity index (χ3n) is 4.72. The highest BCUT2D eigenvalue weighted by Gasteiger charge is 2.45. The van der Waals surface area contributed by atoms with Gasteiger partial charge in [0, 0.05) is 12.1 Å². The Kier molecular flexibility index (Phi) is 4.33. The van der Waals surface area contributed by atoms with Crippen LogP contribution in [-0.2, 0) is 4.79 Å². The van der Waals surface area contributed by atoms with E-state index in [0.717, 1.165) is 4.90 Å². The molecule has 3 N–H and O–H groups in total. The maximum atomic E-state index is 12.4. The summed E-state index contributed by atoms with van der Waals surface area (Å²) in [5, 5.41) is 2.63. The second kappa shape index (κ2) is 6.70. The highest BCUT2D eigenvalue weighted by molar-refractivity contribution is 6.22. The summed E-state index contributed by atoms with van der Waals surface area (Å²) in [5.41, 5.74) is 5.95. The first kappa shape index (κ1) is 18.1. The van der Waals surface area contributed by atoms with Crippen molar-refractivity contribution < 1.29 is 19.1 Å². The summed E-state index contributed by atoms with van der Waals surface area (Å²) in [4.78, 5) is 29.7. The number of rotatable bonds is 6. The van der Waals surface area contributed by atoms with Crippen molar-refractivity contribution in [2.75, 3.05) is 17.2 Å². The first-order chi connectivity index (χ1) is 13.3. The van der Waals surface area contributed by atoms with E-state index in [2.05, 4.69) is 10.3 Å². The van der Waals surface area contributed by atoms with E-state index in [0.29, 0.717) is 41.3 Å². The zero-order valence-corrected chi connectivity index (χ0v) is 15.8. The quantitative estimate of drug-likeness (QED) is 0.587. The molecule has 1 aliphatic heterocycles. The van der Waals surface area contributed by atoms with Crippen LogP contribution in [0.4, 0.5) is 16.2 Å². The number of hydrogen-bond acceptors (Lipinski definition) is 6. The molecule has 2 heterocycles. The SMILES string of the molecule is CC1(C)NC(=O)N(c2ccc(Oc3ccc(N)c(OCC4CC4)c3)nc2)C1=O. The molecule has 1 aromatic carbocycles. The Morgan fingerprint density at radius 3 is 2.64 bits per heavy atom. The molecular weight excluding hydrogens is 360 g/mol. The van der Waals surface area contributed by atoms with E-state index in [9.17, 15) is 9.59 Å². The topological polar surface area (TPSA) is 107 Å². The monoisotopic (exact) mass is 382 g/mol. The second-order valence-corrected chi connectivity index (χ2v) is 7.61. The van der Waals surface area contributed by atoms with Crippen molar-refractivity contribution in [2.24, 2.45) is 5.92 Å². The van der Waals surface area contributed by atoms with Gasteiger partial charge in [-0.2, -0.15) is 0 Å². The lowest BCUT2D eigenvalue weighted by atomic mass is 10.1. The van der Waals surface area contributed by atoms with E-state index in [-0.39, 0.29) is 5.91 Å². The number of nitrogens with zero attached hydrogens (tertiary/aromatic N) is 2. The minimum absolute atomic E-state index is 0.327. The van der Waals surface area contributed by atoms with Gasteiger partial charge in [0.1, 0.15) is 17.0 Å². The zero-order valence-electron chi connectivity index (χ0n) is 15.8. The molecule has 1 aromatic heterocycles. The van der Waals surface area contributed by atoms with E-state index < -0.39 is 11.6 Å². The Balaban J connectivity index is 1.47. The molecule has 146 valence electrons. The third kappa shape index (κ3) is 3.58.